The van der Waals surface area contributed by atoms with Gasteiger partial charge in [0, 0.05) is 32.8 Å². The zero-order chi connectivity index (χ0) is 16.4. The molecule has 0 unspecified atom stereocenters. The highest BCUT2D eigenvalue weighted by atomic mass is 127. The van der Waals surface area contributed by atoms with E-state index in [-0.39, 0.29) is 24.0 Å². The van der Waals surface area contributed by atoms with E-state index in [2.05, 4.69) is 30.6 Å². The largest absolute Gasteiger partial charge is 0.382 e. The average Bonchev–Trinajstić information content (AvgIpc) is 3.34. The SMILES string of the molecule is CCNC(=NCC1(CCOCC)CC1)NCCC1=CCCCC1.I. The smallest absolute Gasteiger partial charge is 0.191 e. The van der Waals surface area contributed by atoms with Crippen molar-refractivity contribution in [3.63, 3.8) is 0 Å². The Morgan fingerprint density at radius 3 is 2.71 bits per heavy atom. The van der Waals surface area contributed by atoms with Crippen LogP contribution in [0, 0.1) is 5.41 Å². The summed E-state index contributed by atoms with van der Waals surface area (Å²) in [6.45, 7) is 8.72. The second kappa shape index (κ2) is 12.1. The fourth-order valence-corrected chi connectivity index (χ4v) is 3.16. The normalized spacial score (nSPS) is 19.2. The van der Waals surface area contributed by atoms with E-state index in [1.54, 1.807) is 5.57 Å². The fourth-order valence-electron chi connectivity index (χ4n) is 3.16. The summed E-state index contributed by atoms with van der Waals surface area (Å²) in [6.07, 6.45) is 12.6. The van der Waals surface area contributed by atoms with Crippen LogP contribution in [0.3, 0.4) is 0 Å². The Morgan fingerprint density at radius 1 is 1.25 bits per heavy atom. The van der Waals surface area contributed by atoms with Gasteiger partial charge in [-0.05, 0) is 70.6 Å². The highest BCUT2D eigenvalue weighted by Crippen LogP contribution is 2.48. The predicted molar refractivity (Wildman–Crippen MR) is 113 cm³/mol. The van der Waals surface area contributed by atoms with E-state index in [4.69, 9.17) is 9.73 Å². The van der Waals surface area contributed by atoms with E-state index >= 15 is 0 Å². The number of ether oxygens (including phenoxy) is 1. The summed E-state index contributed by atoms with van der Waals surface area (Å²) in [5, 5.41) is 6.88. The molecule has 1 fully saturated rings. The molecule has 4 nitrogen and oxygen atoms in total. The van der Waals surface area contributed by atoms with Crippen molar-refractivity contribution in [3.05, 3.63) is 11.6 Å². The third-order valence-corrected chi connectivity index (χ3v) is 4.98. The molecule has 0 amide bonds. The summed E-state index contributed by atoms with van der Waals surface area (Å²) in [5.74, 6) is 0.978. The molecular formula is C19H36IN3O. The number of guanidine groups is 1. The monoisotopic (exact) mass is 449 g/mol. The first kappa shape index (κ1) is 21.7. The van der Waals surface area contributed by atoms with Crippen LogP contribution < -0.4 is 10.6 Å². The first-order chi connectivity index (χ1) is 11.3. The number of rotatable bonds is 10. The number of halogens is 1. The lowest BCUT2D eigenvalue weighted by Crippen LogP contribution is -2.38. The zero-order valence-corrected chi connectivity index (χ0v) is 17.9. The summed E-state index contributed by atoms with van der Waals surface area (Å²) < 4.78 is 5.51. The second-order valence-electron chi connectivity index (χ2n) is 6.93. The highest BCUT2D eigenvalue weighted by molar-refractivity contribution is 14.0. The number of allylic oxidation sites excluding steroid dienone is 1. The van der Waals surface area contributed by atoms with Gasteiger partial charge in [0.1, 0.15) is 0 Å². The van der Waals surface area contributed by atoms with Crippen LogP contribution in [0.2, 0.25) is 0 Å². The van der Waals surface area contributed by atoms with Crippen LogP contribution in [0.25, 0.3) is 0 Å². The molecule has 0 atom stereocenters. The molecule has 0 saturated heterocycles. The van der Waals surface area contributed by atoms with Crippen LogP contribution >= 0.6 is 24.0 Å². The molecule has 0 aliphatic heterocycles. The number of hydrogen-bond donors (Lipinski definition) is 2. The average molecular weight is 449 g/mol. The van der Waals surface area contributed by atoms with Crippen molar-refractivity contribution < 1.29 is 4.74 Å². The molecule has 0 aromatic rings. The van der Waals surface area contributed by atoms with Crippen molar-refractivity contribution in [1.29, 1.82) is 0 Å². The highest BCUT2D eigenvalue weighted by Gasteiger charge is 2.41. The molecule has 2 aliphatic carbocycles. The molecule has 2 N–H and O–H groups in total. The van der Waals surface area contributed by atoms with Crippen LogP contribution in [-0.2, 0) is 4.74 Å². The van der Waals surface area contributed by atoms with Gasteiger partial charge in [-0.25, -0.2) is 0 Å². The van der Waals surface area contributed by atoms with Gasteiger partial charge in [0.15, 0.2) is 5.96 Å². The van der Waals surface area contributed by atoms with E-state index in [1.165, 1.54) is 38.5 Å². The molecule has 0 bridgehead atoms. The molecule has 5 heteroatoms. The van der Waals surface area contributed by atoms with Crippen LogP contribution in [0.5, 0.6) is 0 Å². The molecule has 24 heavy (non-hydrogen) atoms. The van der Waals surface area contributed by atoms with Crippen molar-refractivity contribution in [2.24, 2.45) is 10.4 Å². The number of hydrogen-bond acceptors (Lipinski definition) is 2. The number of aliphatic imine (C=N–C) groups is 1. The standard InChI is InChI=1S/C19H35N3O.HI/c1-3-20-18(21-14-10-17-8-6-5-7-9-17)22-16-19(11-12-19)13-15-23-4-2;/h8H,3-7,9-16H2,1-2H3,(H2,20,21,22);1H. The lowest BCUT2D eigenvalue weighted by atomic mass is 9.97. The van der Waals surface area contributed by atoms with Crippen molar-refractivity contribution in [2.45, 2.75) is 65.2 Å². The summed E-state index contributed by atoms with van der Waals surface area (Å²) in [4.78, 5) is 4.83. The maximum absolute atomic E-state index is 5.51. The zero-order valence-electron chi connectivity index (χ0n) is 15.5. The van der Waals surface area contributed by atoms with Gasteiger partial charge >= 0.3 is 0 Å². The molecule has 0 heterocycles. The fraction of sp³-hybridized carbons (Fsp3) is 0.842. The molecule has 0 aromatic carbocycles. The van der Waals surface area contributed by atoms with Gasteiger partial charge in [-0.1, -0.05) is 11.6 Å². The molecule has 0 aromatic heterocycles. The Labute approximate surface area is 165 Å². The topological polar surface area (TPSA) is 45.7 Å². The Bertz CT molecular complexity index is 405. The Kier molecular flexibility index (Phi) is 11.0. The second-order valence-corrected chi connectivity index (χ2v) is 6.93. The maximum atomic E-state index is 5.51. The van der Waals surface area contributed by atoms with Crippen LogP contribution in [0.4, 0.5) is 0 Å². The molecule has 0 spiro atoms. The summed E-state index contributed by atoms with van der Waals surface area (Å²) in [7, 11) is 0. The lowest BCUT2D eigenvalue weighted by molar-refractivity contribution is 0.129. The van der Waals surface area contributed by atoms with Crippen molar-refractivity contribution in [1.82, 2.24) is 10.6 Å². The Hall–Kier alpha value is -0.300. The molecule has 0 radical (unpaired) electrons. The van der Waals surface area contributed by atoms with Crippen molar-refractivity contribution in [2.75, 3.05) is 32.8 Å². The third-order valence-electron chi connectivity index (χ3n) is 4.98. The van der Waals surface area contributed by atoms with E-state index in [9.17, 15) is 0 Å². The van der Waals surface area contributed by atoms with E-state index in [1.807, 2.05) is 0 Å². The van der Waals surface area contributed by atoms with Crippen LogP contribution in [0.15, 0.2) is 16.6 Å². The quantitative estimate of drug-likeness (QED) is 0.172. The van der Waals surface area contributed by atoms with Gasteiger partial charge in [0.05, 0.1) is 0 Å². The van der Waals surface area contributed by atoms with Crippen LogP contribution in [0.1, 0.15) is 65.2 Å². The molecule has 1 saturated carbocycles. The van der Waals surface area contributed by atoms with Gasteiger partial charge in [-0.3, -0.25) is 4.99 Å². The lowest BCUT2D eigenvalue weighted by Gasteiger charge is -2.17. The molecule has 2 rings (SSSR count). The van der Waals surface area contributed by atoms with Gasteiger partial charge in [0.25, 0.3) is 0 Å². The number of nitrogens with zero attached hydrogens (tertiary/aromatic N) is 1. The Morgan fingerprint density at radius 2 is 2.08 bits per heavy atom. The third kappa shape index (κ3) is 8.19. The minimum absolute atomic E-state index is 0. The molecule has 140 valence electrons. The van der Waals surface area contributed by atoms with E-state index in [0.29, 0.717) is 5.41 Å². The van der Waals surface area contributed by atoms with Gasteiger partial charge < -0.3 is 15.4 Å². The predicted octanol–water partition coefficient (Wildman–Crippen LogP) is 4.26. The minimum atomic E-state index is 0. The molecular weight excluding hydrogens is 413 g/mol. The van der Waals surface area contributed by atoms with Gasteiger partial charge in [0.2, 0.25) is 0 Å². The maximum Gasteiger partial charge on any atom is 0.191 e. The summed E-state index contributed by atoms with van der Waals surface area (Å²) in [6, 6.07) is 0. The van der Waals surface area contributed by atoms with Crippen molar-refractivity contribution >= 4 is 29.9 Å². The molecule has 2 aliphatic rings. The Balaban J connectivity index is 0.00000288. The van der Waals surface area contributed by atoms with Gasteiger partial charge in [-0.15, -0.1) is 24.0 Å². The first-order valence-electron chi connectivity index (χ1n) is 9.56. The summed E-state index contributed by atoms with van der Waals surface area (Å²) >= 11 is 0. The minimum Gasteiger partial charge on any atom is -0.382 e. The number of nitrogens with one attached hydrogen (secondary N) is 2. The summed E-state index contributed by atoms with van der Waals surface area (Å²) in [5.41, 5.74) is 2.04. The van der Waals surface area contributed by atoms with Crippen LogP contribution in [-0.4, -0.2) is 38.8 Å². The van der Waals surface area contributed by atoms with E-state index < -0.39 is 0 Å². The van der Waals surface area contributed by atoms with Crippen molar-refractivity contribution in [3.8, 4) is 0 Å². The first-order valence-corrected chi connectivity index (χ1v) is 9.56. The van der Waals surface area contributed by atoms with Gasteiger partial charge in [-0.2, -0.15) is 0 Å². The van der Waals surface area contributed by atoms with E-state index in [0.717, 1.165) is 51.6 Å².